The minimum atomic E-state index is -4.17. The molecule has 0 saturated carbocycles. The molecule has 1 amide bonds. The molecule has 2 N–H and O–H groups in total. The van der Waals surface area contributed by atoms with Gasteiger partial charge in [0.2, 0.25) is 15.9 Å². The molecule has 1 saturated heterocycles. The normalized spacial score (nSPS) is 17.4. The van der Waals surface area contributed by atoms with E-state index in [1.165, 1.54) is 19.1 Å². The number of amides is 1. The van der Waals surface area contributed by atoms with Crippen molar-refractivity contribution in [1.29, 1.82) is 0 Å². The van der Waals surface area contributed by atoms with Crippen LogP contribution < -0.4 is 10.0 Å². The summed E-state index contributed by atoms with van der Waals surface area (Å²) in [5.41, 5.74) is 0. The Morgan fingerprint density at radius 3 is 2.53 bits per heavy atom. The number of halogens is 1. The third-order valence-corrected chi connectivity index (χ3v) is 6.47. The van der Waals surface area contributed by atoms with E-state index in [-0.39, 0.29) is 12.6 Å². The second-order valence-corrected chi connectivity index (χ2v) is 8.81. The van der Waals surface area contributed by atoms with E-state index < -0.39 is 32.7 Å². The Kier molecular flexibility index (Phi) is 7.24. The Morgan fingerprint density at radius 1 is 1.20 bits per heavy atom. The van der Waals surface area contributed by atoms with Crippen molar-refractivity contribution in [2.45, 2.75) is 30.8 Å². The molecule has 164 valence electrons. The molecule has 0 aliphatic carbocycles. The summed E-state index contributed by atoms with van der Waals surface area (Å²) in [7, 11) is -4.17. The maximum atomic E-state index is 13.8. The molecule has 1 aliphatic heterocycles. The summed E-state index contributed by atoms with van der Waals surface area (Å²) >= 11 is 0. The minimum absolute atomic E-state index is 0.207. The van der Waals surface area contributed by atoms with Crippen molar-refractivity contribution >= 4 is 15.9 Å². The lowest BCUT2D eigenvalue weighted by molar-refractivity contribution is -0.122. The number of nitrogens with one attached hydrogen (secondary N) is 2. The molecule has 1 aromatic carbocycles. The van der Waals surface area contributed by atoms with Crippen LogP contribution in [-0.2, 0) is 19.6 Å². The van der Waals surface area contributed by atoms with Crippen LogP contribution in [0, 0.1) is 12.7 Å². The van der Waals surface area contributed by atoms with Gasteiger partial charge < -0.3 is 14.5 Å². The monoisotopic (exact) mass is 439 g/mol. The number of furan rings is 1. The number of hydrogen-bond acceptors (Lipinski definition) is 6. The summed E-state index contributed by atoms with van der Waals surface area (Å²) in [6.07, 6.45) is 0. The Hall–Kier alpha value is -2.27. The predicted molar refractivity (Wildman–Crippen MR) is 108 cm³/mol. The molecule has 1 unspecified atom stereocenters. The van der Waals surface area contributed by atoms with Gasteiger partial charge in [-0.15, -0.1) is 0 Å². The first-order valence-corrected chi connectivity index (χ1v) is 11.2. The highest BCUT2D eigenvalue weighted by molar-refractivity contribution is 7.89. The first kappa shape index (κ1) is 22.4. The van der Waals surface area contributed by atoms with Crippen LogP contribution in [-0.4, -0.2) is 58.1 Å². The maximum absolute atomic E-state index is 13.8. The molecule has 1 fully saturated rings. The Labute approximate surface area is 175 Å². The van der Waals surface area contributed by atoms with Gasteiger partial charge in [-0.3, -0.25) is 9.69 Å². The van der Waals surface area contributed by atoms with E-state index in [0.717, 1.165) is 17.9 Å². The van der Waals surface area contributed by atoms with Gasteiger partial charge in [0.1, 0.15) is 22.2 Å². The zero-order valence-electron chi connectivity index (χ0n) is 16.9. The lowest BCUT2D eigenvalue weighted by Crippen LogP contribution is -2.48. The van der Waals surface area contributed by atoms with Crippen molar-refractivity contribution in [3.63, 3.8) is 0 Å². The van der Waals surface area contributed by atoms with Crippen LogP contribution >= 0.6 is 0 Å². The zero-order valence-corrected chi connectivity index (χ0v) is 17.7. The van der Waals surface area contributed by atoms with Gasteiger partial charge in [-0.1, -0.05) is 12.1 Å². The molecule has 0 bridgehead atoms. The molecule has 0 radical (unpaired) electrons. The van der Waals surface area contributed by atoms with Crippen molar-refractivity contribution < 1.29 is 26.8 Å². The van der Waals surface area contributed by atoms with Crippen molar-refractivity contribution in [3.05, 3.63) is 53.7 Å². The SMILES string of the molecule is Cc1ccc(C(CNC(=O)[C@H](C)NS(=O)(=O)c2ccccc2F)N2CCOCC2)o1. The van der Waals surface area contributed by atoms with E-state index in [1.807, 2.05) is 19.1 Å². The van der Waals surface area contributed by atoms with Crippen molar-refractivity contribution in [2.75, 3.05) is 32.8 Å². The molecular weight excluding hydrogens is 413 g/mol. The van der Waals surface area contributed by atoms with Crippen LogP contribution in [0.25, 0.3) is 0 Å². The Morgan fingerprint density at radius 2 is 1.90 bits per heavy atom. The van der Waals surface area contributed by atoms with E-state index >= 15 is 0 Å². The number of rotatable bonds is 8. The lowest BCUT2D eigenvalue weighted by atomic mass is 10.1. The first-order valence-electron chi connectivity index (χ1n) is 9.70. The second kappa shape index (κ2) is 9.69. The van der Waals surface area contributed by atoms with Crippen LogP contribution in [0.5, 0.6) is 0 Å². The largest absolute Gasteiger partial charge is 0.465 e. The number of hydrogen-bond donors (Lipinski definition) is 2. The molecule has 2 atom stereocenters. The predicted octanol–water partition coefficient (Wildman–Crippen LogP) is 1.58. The smallest absolute Gasteiger partial charge is 0.244 e. The number of carbonyl (C=O) groups is 1. The van der Waals surface area contributed by atoms with Gasteiger partial charge >= 0.3 is 0 Å². The molecule has 2 aromatic rings. The van der Waals surface area contributed by atoms with E-state index in [9.17, 15) is 17.6 Å². The number of benzene rings is 1. The second-order valence-electron chi connectivity index (χ2n) is 7.13. The number of carbonyl (C=O) groups excluding carboxylic acids is 1. The average molecular weight is 440 g/mol. The van der Waals surface area contributed by atoms with Gasteiger partial charge in [-0.25, -0.2) is 12.8 Å². The lowest BCUT2D eigenvalue weighted by Gasteiger charge is -2.33. The molecule has 1 aromatic heterocycles. The summed E-state index contributed by atoms with van der Waals surface area (Å²) < 4.78 is 52.0. The third kappa shape index (κ3) is 5.45. The fourth-order valence-electron chi connectivity index (χ4n) is 3.29. The van der Waals surface area contributed by atoms with Gasteiger partial charge in [-0.05, 0) is 38.1 Å². The molecule has 30 heavy (non-hydrogen) atoms. The van der Waals surface area contributed by atoms with Gasteiger partial charge in [-0.2, -0.15) is 4.72 Å². The maximum Gasteiger partial charge on any atom is 0.244 e. The molecule has 10 heteroatoms. The molecule has 3 rings (SSSR count). The molecular formula is C20H26FN3O5S. The van der Waals surface area contributed by atoms with E-state index in [2.05, 4.69) is 14.9 Å². The van der Waals surface area contributed by atoms with E-state index in [0.29, 0.717) is 32.1 Å². The Balaban J connectivity index is 1.65. The molecule has 2 heterocycles. The molecule has 8 nitrogen and oxygen atoms in total. The van der Waals surface area contributed by atoms with Crippen molar-refractivity contribution in [3.8, 4) is 0 Å². The summed E-state index contributed by atoms with van der Waals surface area (Å²) in [6.45, 7) is 6.04. The van der Waals surface area contributed by atoms with Crippen molar-refractivity contribution in [2.24, 2.45) is 0 Å². The fraction of sp³-hybridized carbons (Fsp3) is 0.450. The first-order chi connectivity index (χ1) is 14.3. The third-order valence-electron chi connectivity index (χ3n) is 4.90. The van der Waals surface area contributed by atoms with Gasteiger partial charge in [0.25, 0.3) is 0 Å². The van der Waals surface area contributed by atoms with Crippen molar-refractivity contribution in [1.82, 2.24) is 14.9 Å². The minimum Gasteiger partial charge on any atom is -0.465 e. The summed E-state index contributed by atoms with van der Waals surface area (Å²) in [5.74, 6) is 0.0875. The van der Waals surface area contributed by atoms with Crippen LogP contribution in [0.1, 0.15) is 24.5 Å². The van der Waals surface area contributed by atoms with Gasteiger partial charge in [0, 0.05) is 19.6 Å². The number of morpholine rings is 1. The highest BCUT2D eigenvalue weighted by Crippen LogP contribution is 2.23. The number of aryl methyl sites for hydroxylation is 1. The Bertz CT molecular complexity index is 972. The average Bonchev–Trinajstić information content (AvgIpc) is 3.14. The van der Waals surface area contributed by atoms with Crippen LogP contribution in [0.4, 0.5) is 4.39 Å². The van der Waals surface area contributed by atoms with Crippen LogP contribution in [0.15, 0.2) is 45.7 Å². The van der Waals surface area contributed by atoms with Crippen LogP contribution in [0.2, 0.25) is 0 Å². The van der Waals surface area contributed by atoms with E-state index in [4.69, 9.17) is 9.15 Å². The van der Waals surface area contributed by atoms with E-state index in [1.54, 1.807) is 0 Å². The standard InChI is InChI=1S/C20H26FN3O5S/c1-14-7-8-18(29-14)17(24-9-11-28-12-10-24)13-22-20(25)15(2)23-30(26,27)19-6-4-3-5-16(19)21/h3-8,15,17,23H,9-13H2,1-2H3,(H,22,25)/t15-,17?/m0/s1. The summed E-state index contributed by atoms with van der Waals surface area (Å²) in [6, 6.07) is 7.45. The summed E-state index contributed by atoms with van der Waals surface area (Å²) in [4.78, 5) is 14.2. The molecule has 0 spiro atoms. The van der Waals surface area contributed by atoms with Gasteiger partial charge in [0.05, 0.1) is 25.3 Å². The number of sulfonamides is 1. The van der Waals surface area contributed by atoms with Crippen LogP contribution in [0.3, 0.4) is 0 Å². The number of nitrogens with zero attached hydrogens (tertiary/aromatic N) is 1. The summed E-state index contributed by atoms with van der Waals surface area (Å²) in [5, 5.41) is 2.77. The topological polar surface area (TPSA) is 101 Å². The fourth-order valence-corrected chi connectivity index (χ4v) is 4.58. The highest BCUT2D eigenvalue weighted by atomic mass is 32.2. The quantitative estimate of drug-likeness (QED) is 0.648. The van der Waals surface area contributed by atoms with Gasteiger partial charge in [0.15, 0.2) is 0 Å². The zero-order chi connectivity index (χ0) is 21.7. The number of ether oxygens (including phenoxy) is 1. The molecule has 1 aliphatic rings. The highest BCUT2D eigenvalue weighted by Gasteiger charge is 2.28.